The van der Waals surface area contributed by atoms with Gasteiger partial charge in [0.25, 0.3) is 0 Å². The molecule has 0 fully saturated rings. The molecule has 0 saturated carbocycles. The number of pyridine rings is 2. The number of halogens is 2. The third-order valence-electron chi connectivity index (χ3n) is 4.12. The van der Waals surface area contributed by atoms with E-state index in [1.54, 1.807) is 31.5 Å². The average molecular weight is 417 g/mol. The summed E-state index contributed by atoms with van der Waals surface area (Å²) < 4.78 is 11.2. The smallest absolute Gasteiger partial charge is 0.167 e. The molecule has 7 heteroatoms. The highest BCUT2D eigenvalue weighted by Crippen LogP contribution is 2.30. The van der Waals surface area contributed by atoms with Gasteiger partial charge in [-0.3, -0.25) is 14.8 Å². The van der Waals surface area contributed by atoms with Crippen LogP contribution in [0.15, 0.2) is 55.0 Å². The van der Waals surface area contributed by atoms with Crippen LogP contribution < -0.4 is 9.47 Å². The summed E-state index contributed by atoms with van der Waals surface area (Å²) in [4.78, 5) is 20.9. The molecule has 0 spiro atoms. The molecule has 0 unspecified atom stereocenters. The lowest BCUT2D eigenvalue weighted by Crippen LogP contribution is -2.07. The lowest BCUT2D eigenvalue weighted by atomic mass is 10.0. The van der Waals surface area contributed by atoms with Crippen molar-refractivity contribution in [3.05, 3.63) is 81.9 Å². The highest BCUT2D eigenvalue weighted by atomic mass is 35.5. The molecule has 28 heavy (non-hydrogen) atoms. The van der Waals surface area contributed by atoms with Crippen LogP contribution >= 0.6 is 23.2 Å². The molecule has 0 saturated heterocycles. The number of methoxy groups -OCH3 is 1. The van der Waals surface area contributed by atoms with Crippen LogP contribution in [0.4, 0.5) is 0 Å². The molecule has 0 aliphatic carbocycles. The van der Waals surface area contributed by atoms with Crippen molar-refractivity contribution < 1.29 is 14.3 Å². The molecule has 0 atom stereocenters. The molecule has 2 aromatic heterocycles. The fraction of sp³-hybridized carbons (Fsp3) is 0.190. The summed E-state index contributed by atoms with van der Waals surface area (Å²) in [6.07, 6.45) is 5.39. The van der Waals surface area contributed by atoms with E-state index in [-0.39, 0.29) is 12.2 Å². The van der Waals surface area contributed by atoms with Crippen LogP contribution in [0.5, 0.6) is 11.5 Å². The summed E-state index contributed by atoms with van der Waals surface area (Å²) in [6, 6.07) is 10.8. The van der Waals surface area contributed by atoms with Crippen LogP contribution in [-0.4, -0.2) is 29.5 Å². The number of rotatable bonds is 8. The molecule has 0 N–H and O–H groups in total. The Morgan fingerprint density at radius 1 is 1.07 bits per heavy atom. The second-order valence-electron chi connectivity index (χ2n) is 5.97. The van der Waals surface area contributed by atoms with Crippen molar-refractivity contribution >= 4 is 29.0 Å². The van der Waals surface area contributed by atoms with Gasteiger partial charge in [-0.2, -0.15) is 0 Å². The summed E-state index contributed by atoms with van der Waals surface area (Å²) in [7, 11) is 1.55. The van der Waals surface area contributed by atoms with E-state index in [1.807, 2.05) is 18.2 Å². The number of Topliss-reactive ketones (excluding diaryl/α,β-unsaturated/α-hetero) is 1. The minimum Gasteiger partial charge on any atom is -0.493 e. The quantitative estimate of drug-likeness (QED) is 0.491. The summed E-state index contributed by atoms with van der Waals surface area (Å²) in [6.45, 7) is 0.410. The molecule has 3 rings (SSSR count). The summed E-state index contributed by atoms with van der Waals surface area (Å²) in [5.74, 6) is 0.918. The van der Waals surface area contributed by atoms with Crippen LogP contribution in [0.3, 0.4) is 0 Å². The topological polar surface area (TPSA) is 61.3 Å². The number of ether oxygens (including phenoxy) is 2. The first-order valence-electron chi connectivity index (χ1n) is 8.60. The molecular weight excluding hydrogens is 399 g/mol. The van der Waals surface area contributed by atoms with E-state index in [0.29, 0.717) is 45.7 Å². The molecule has 0 aliphatic rings. The largest absolute Gasteiger partial charge is 0.493 e. The first-order chi connectivity index (χ1) is 13.6. The van der Waals surface area contributed by atoms with Crippen LogP contribution in [0.1, 0.15) is 21.6 Å². The van der Waals surface area contributed by atoms with Gasteiger partial charge in [0, 0.05) is 48.3 Å². The number of hydrogen-bond donors (Lipinski definition) is 0. The fourth-order valence-electron chi connectivity index (χ4n) is 2.64. The van der Waals surface area contributed by atoms with Gasteiger partial charge in [-0.1, -0.05) is 29.3 Å². The monoisotopic (exact) mass is 416 g/mol. The van der Waals surface area contributed by atoms with Crippen LogP contribution in [0.2, 0.25) is 10.0 Å². The Balaban J connectivity index is 1.73. The predicted octanol–water partition coefficient (Wildman–Crippen LogP) is 4.84. The Morgan fingerprint density at radius 2 is 1.86 bits per heavy atom. The van der Waals surface area contributed by atoms with Crippen molar-refractivity contribution in [1.29, 1.82) is 0 Å². The number of benzene rings is 1. The SMILES string of the molecule is COc1ccc(C(=O)Cc2c(Cl)cncc2Cl)cc1OCCc1ccccn1. The third kappa shape index (κ3) is 5.00. The minimum absolute atomic E-state index is 0.0693. The predicted molar refractivity (Wildman–Crippen MR) is 109 cm³/mol. The fourth-order valence-corrected chi connectivity index (χ4v) is 3.14. The Kier molecular flexibility index (Phi) is 6.85. The van der Waals surface area contributed by atoms with Gasteiger partial charge in [0.1, 0.15) is 0 Å². The number of aromatic nitrogens is 2. The van der Waals surface area contributed by atoms with E-state index in [4.69, 9.17) is 32.7 Å². The molecule has 2 heterocycles. The van der Waals surface area contributed by atoms with Gasteiger partial charge >= 0.3 is 0 Å². The summed E-state index contributed by atoms with van der Waals surface area (Å²) >= 11 is 12.2. The van der Waals surface area contributed by atoms with Gasteiger partial charge in [-0.25, -0.2) is 0 Å². The zero-order chi connectivity index (χ0) is 19.9. The Bertz CT molecular complexity index is 945. The van der Waals surface area contributed by atoms with Crippen molar-refractivity contribution in [2.75, 3.05) is 13.7 Å². The molecule has 144 valence electrons. The van der Waals surface area contributed by atoms with Crippen LogP contribution in [0.25, 0.3) is 0 Å². The Morgan fingerprint density at radius 3 is 2.54 bits per heavy atom. The molecule has 0 aliphatic heterocycles. The Labute approximate surface area is 173 Å². The number of carbonyl (C=O) groups is 1. The zero-order valence-electron chi connectivity index (χ0n) is 15.2. The highest BCUT2D eigenvalue weighted by Gasteiger charge is 2.16. The van der Waals surface area contributed by atoms with Crippen molar-refractivity contribution in [2.24, 2.45) is 0 Å². The van der Waals surface area contributed by atoms with E-state index >= 15 is 0 Å². The van der Waals surface area contributed by atoms with E-state index in [9.17, 15) is 4.79 Å². The molecule has 1 aromatic carbocycles. The maximum atomic E-state index is 12.7. The third-order valence-corrected chi connectivity index (χ3v) is 4.77. The molecule has 0 radical (unpaired) electrons. The van der Waals surface area contributed by atoms with E-state index in [2.05, 4.69) is 9.97 Å². The molecule has 0 bridgehead atoms. The van der Waals surface area contributed by atoms with E-state index < -0.39 is 0 Å². The second-order valence-corrected chi connectivity index (χ2v) is 6.78. The van der Waals surface area contributed by atoms with Gasteiger partial charge in [-0.15, -0.1) is 0 Å². The van der Waals surface area contributed by atoms with E-state index in [1.165, 1.54) is 12.4 Å². The first-order valence-corrected chi connectivity index (χ1v) is 9.36. The summed E-state index contributed by atoms with van der Waals surface area (Å²) in [5, 5.41) is 0.724. The molecule has 0 amide bonds. The average Bonchev–Trinajstić information content (AvgIpc) is 2.71. The van der Waals surface area contributed by atoms with Gasteiger partial charge in [-0.05, 0) is 30.3 Å². The minimum atomic E-state index is -0.132. The van der Waals surface area contributed by atoms with Gasteiger partial charge < -0.3 is 9.47 Å². The lowest BCUT2D eigenvalue weighted by Gasteiger charge is -2.12. The Hall–Kier alpha value is -2.63. The lowest BCUT2D eigenvalue weighted by molar-refractivity contribution is 0.0992. The maximum absolute atomic E-state index is 12.7. The molecule has 5 nitrogen and oxygen atoms in total. The van der Waals surface area contributed by atoms with Gasteiger partial charge in [0.2, 0.25) is 0 Å². The first kappa shape index (κ1) is 20.1. The standard InChI is InChI=1S/C21H18Cl2N2O3/c1-27-20-6-5-14(19(26)11-16-17(22)12-24-13-18(16)23)10-21(20)28-9-7-15-4-2-3-8-25-15/h2-6,8,10,12-13H,7,9,11H2,1H3. The number of nitrogens with zero attached hydrogens (tertiary/aromatic N) is 2. The normalized spacial score (nSPS) is 10.5. The van der Waals surface area contributed by atoms with Gasteiger partial charge in [0.15, 0.2) is 17.3 Å². The van der Waals surface area contributed by atoms with E-state index in [0.717, 1.165) is 5.69 Å². The van der Waals surface area contributed by atoms with Crippen molar-refractivity contribution in [3.8, 4) is 11.5 Å². The van der Waals surface area contributed by atoms with Crippen molar-refractivity contribution in [2.45, 2.75) is 12.8 Å². The molecular formula is C21H18Cl2N2O3. The van der Waals surface area contributed by atoms with Crippen LogP contribution in [-0.2, 0) is 12.8 Å². The van der Waals surface area contributed by atoms with Crippen molar-refractivity contribution in [3.63, 3.8) is 0 Å². The second kappa shape index (κ2) is 9.53. The number of carbonyl (C=O) groups excluding carboxylic acids is 1. The summed E-state index contributed by atoms with van der Waals surface area (Å²) in [5.41, 5.74) is 1.96. The molecule has 3 aromatic rings. The highest BCUT2D eigenvalue weighted by molar-refractivity contribution is 6.36. The van der Waals surface area contributed by atoms with Gasteiger partial charge in [0.05, 0.1) is 23.8 Å². The number of hydrogen-bond acceptors (Lipinski definition) is 5. The number of ketones is 1. The van der Waals surface area contributed by atoms with Crippen LogP contribution in [0, 0.1) is 0 Å². The maximum Gasteiger partial charge on any atom is 0.167 e. The van der Waals surface area contributed by atoms with Crippen molar-refractivity contribution in [1.82, 2.24) is 9.97 Å². The zero-order valence-corrected chi connectivity index (χ0v) is 16.7.